The van der Waals surface area contributed by atoms with E-state index in [0.29, 0.717) is 22.5 Å². The number of aliphatic hydroxyl groups excluding tert-OH is 1. The van der Waals surface area contributed by atoms with E-state index in [1.807, 2.05) is 18.2 Å². The van der Waals surface area contributed by atoms with Crippen molar-refractivity contribution in [2.75, 3.05) is 11.5 Å². The molecular formula is C20H18N2O2. The van der Waals surface area contributed by atoms with Gasteiger partial charge in [-0.3, -0.25) is 4.79 Å². The van der Waals surface area contributed by atoms with E-state index < -0.39 is 6.10 Å². The summed E-state index contributed by atoms with van der Waals surface area (Å²) in [7, 11) is 0. The Bertz CT molecular complexity index is 859. The third-order valence-corrected chi connectivity index (χ3v) is 3.90. The van der Waals surface area contributed by atoms with Crippen LogP contribution in [0.4, 0.5) is 11.4 Å². The first-order valence-corrected chi connectivity index (χ1v) is 7.59. The highest BCUT2D eigenvalue weighted by molar-refractivity contribution is 6.01. The van der Waals surface area contributed by atoms with Gasteiger partial charge in [-0.25, -0.2) is 0 Å². The molecule has 4 nitrogen and oxygen atoms in total. The second-order valence-corrected chi connectivity index (χ2v) is 5.60. The van der Waals surface area contributed by atoms with Crippen molar-refractivity contribution in [2.45, 2.75) is 6.10 Å². The number of hydrogen-bond acceptors (Lipinski definition) is 4. The number of aliphatic hydroxyl groups is 1. The molecule has 3 rings (SSSR count). The molecular weight excluding hydrogens is 300 g/mol. The minimum Gasteiger partial charge on any atom is -0.399 e. The van der Waals surface area contributed by atoms with Gasteiger partial charge in [0.25, 0.3) is 0 Å². The minimum absolute atomic E-state index is 0.363. The second kappa shape index (κ2) is 6.56. The highest BCUT2D eigenvalue weighted by atomic mass is 16.3. The first-order chi connectivity index (χ1) is 11.6. The van der Waals surface area contributed by atoms with Crippen molar-refractivity contribution in [1.82, 2.24) is 0 Å². The number of nitrogen functional groups attached to an aromatic ring is 2. The lowest BCUT2D eigenvalue weighted by molar-refractivity contribution is 0.0748. The minimum atomic E-state index is -1.29. The predicted molar refractivity (Wildman–Crippen MR) is 96.4 cm³/mol. The standard InChI is InChI=1S/C20H18N2O2/c21-15-8-6-13(7-9-15)17-11-10-16(22)12-18(17)20(24)19(23)14-4-2-1-3-5-14/h1-12,20,24H,21-22H2. The van der Waals surface area contributed by atoms with E-state index in [-0.39, 0.29) is 5.78 Å². The molecule has 1 unspecified atom stereocenters. The van der Waals surface area contributed by atoms with E-state index in [2.05, 4.69) is 0 Å². The summed E-state index contributed by atoms with van der Waals surface area (Å²) < 4.78 is 0. The summed E-state index contributed by atoms with van der Waals surface area (Å²) in [6.07, 6.45) is -1.29. The van der Waals surface area contributed by atoms with Gasteiger partial charge in [-0.1, -0.05) is 48.5 Å². The first kappa shape index (κ1) is 15.8. The van der Waals surface area contributed by atoms with Gasteiger partial charge in [-0.15, -0.1) is 0 Å². The number of hydrogen-bond donors (Lipinski definition) is 3. The maximum Gasteiger partial charge on any atom is 0.195 e. The van der Waals surface area contributed by atoms with Gasteiger partial charge in [0.05, 0.1) is 0 Å². The number of benzene rings is 3. The molecule has 0 aliphatic heterocycles. The smallest absolute Gasteiger partial charge is 0.195 e. The molecule has 3 aromatic carbocycles. The fourth-order valence-electron chi connectivity index (χ4n) is 2.63. The predicted octanol–water partition coefficient (Wildman–Crippen LogP) is 3.43. The number of ketones is 1. The SMILES string of the molecule is Nc1ccc(-c2ccc(N)cc2C(O)C(=O)c2ccccc2)cc1. The van der Waals surface area contributed by atoms with Gasteiger partial charge in [0.15, 0.2) is 5.78 Å². The molecule has 0 fully saturated rings. The summed E-state index contributed by atoms with van der Waals surface area (Å²) in [5.41, 5.74) is 15.3. The molecule has 0 radical (unpaired) electrons. The molecule has 0 amide bonds. The molecule has 0 saturated carbocycles. The number of rotatable bonds is 4. The van der Waals surface area contributed by atoms with Crippen molar-refractivity contribution in [3.05, 3.63) is 83.9 Å². The Morgan fingerprint density at radius 1 is 0.833 bits per heavy atom. The average molecular weight is 318 g/mol. The topological polar surface area (TPSA) is 89.3 Å². The van der Waals surface area contributed by atoms with Crippen LogP contribution >= 0.6 is 0 Å². The lowest BCUT2D eigenvalue weighted by atomic mass is 9.92. The molecule has 0 spiro atoms. The molecule has 0 bridgehead atoms. The maximum absolute atomic E-state index is 12.6. The Balaban J connectivity index is 2.05. The number of carbonyl (C=O) groups is 1. The van der Waals surface area contributed by atoms with Crippen molar-refractivity contribution in [3.63, 3.8) is 0 Å². The van der Waals surface area contributed by atoms with Gasteiger partial charge in [0, 0.05) is 16.9 Å². The van der Waals surface area contributed by atoms with Crippen molar-refractivity contribution >= 4 is 17.2 Å². The summed E-state index contributed by atoms with van der Waals surface area (Å²) >= 11 is 0. The zero-order valence-electron chi connectivity index (χ0n) is 13.0. The second-order valence-electron chi connectivity index (χ2n) is 5.60. The van der Waals surface area contributed by atoms with Crippen LogP contribution in [0.5, 0.6) is 0 Å². The van der Waals surface area contributed by atoms with Crippen LogP contribution in [0.25, 0.3) is 11.1 Å². The largest absolute Gasteiger partial charge is 0.399 e. The average Bonchev–Trinajstić information content (AvgIpc) is 2.62. The molecule has 5 N–H and O–H groups in total. The van der Waals surface area contributed by atoms with Crippen LogP contribution < -0.4 is 11.5 Å². The summed E-state index contributed by atoms with van der Waals surface area (Å²) in [4.78, 5) is 12.6. The quantitative estimate of drug-likeness (QED) is 0.508. The highest BCUT2D eigenvalue weighted by Crippen LogP contribution is 2.32. The molecule has 0 saturated heterocycles. The molecule has 0 heterocycles. The van der Waals surface area contributed by atoms with E-state index in [4.69, 9.17) is 11.5 Å². The summed E-state index contributed by atoms with van der Waals surface area (Å²) in [6, 6.07) is 21.2. The molecule has 120 valence electrons. The van der Waals surface area contributed by atoms with Gasteiger partial charge in [0.1, 0.15) is 6.10 Å². The van der Waals surface area contributed by atoms with Crippen LogP contribution in [0, 0.1) is 0 Å². The van der Waals surface area contributed by atoms with E-state index >= 15 is 0 Å². The van der Waals surface area contributed by atoms with Crippen molar-refractivity contribution in [1.29, 1.82) is 0 Å². The third kappa shape index (κ3) is 3.14. The zero-order valence-corrected chi connectivity index (χ0v) is 13.0. The van der Waals surface area contributed by atoms with Gasteiger partial charge in [-0.2, -0.15) is 0 Å². The molecule has 24 heavy (non-hydrogen) atoms. The van der Waals surface area contributed by atoms with Crippen LogP contribution in [0.1, 0.15) is 22.0 Å². The van der Waals surface area contributed by atoms with Crippen LogP contribution in [-0.4, -0.2) is 10.9 Å². The molecule has 1 atom stereocenters. The van der Waals surface area contributed by atoms with Gasteiger partial charge >= 0.3 is 0 Å². The molecule has 3 aromatic rings. The Morgan fingerprint density at radius 2 is 1.46 bits per heavy atom. The van der Waals surface area contributed by atoms with Gasteiger partial charge in [-0.05, 0) is 41.0 Å². The van der Waals surface area contributed by atoms with Gasteiger partial charge in [0.2, 0.25) is 0 Å². The Kier molecular flexibility index (Phi) is 4.31. The third-order valence-electron chi connectivity index (χ3n) is 3.90. The lowest BCUT2D eigenvalue weighted by Crippen LogP contribution is -2.13. The molecule has 4 heteroatoms. The summed E-state index contributed by atoms with van der Waals surface area (Å²) in [6.45, 7) is 0. The van der Waals surface area contributed by atoms with E-state index in [0.717, 1.165) is 11.1 Å². The zero-order chi connectivity index (χ0) is 17.1. The summed E-state index contributed by atoms with van der Waals surface area (Å²) in [5, 5.41) is 10.6. The first-order valence-electron chi connectivity index (χ1n) is 7.59. The van der Waals surface area contributed by atoms with E-state index in [1.165, 1.54) is 0 Å². The van der Waals surface area contributed by atoms with Crippen LogP contribution in [-0.2, 0) is 0 Å². The van der Waals surface area contributed by atoms with Crippen molar-refractivity contribution in [3.8, 4) is 11.1 Å². The summed E-state index contributed by atoms with van der Waals surface area (Å²) in [5.74, 6) is -0.363. The number of Topliss-reactive ketones (excluding diaryl/α,β-unsaturated/α-hetero) is 1. The molecule has 0 aliphatic rings. The lowest BCUT2D eigenvalue weighted by Gasteiger charge is -2.16. The maximum atomic E-state index is 12.6. The Labute approximate surface area is 140 Å². The van der Waals surface area contributed by atoms with Crippen LogP contribution in [0.15, 0.2) is 72.8 Å². The molecule has 0 aliphatic carbocycles. The Hall–Kier alpha value is -3.11. The van der Waals surface area contributed by atoms with E-state index in [1.54, 1.807) is 54.6 Å². The van der Waals surface area contributed by atoms with Crippen LogP contribution in [0.2, 0.25) is 0 Å². The fraction of sp³-hybridized carbons (Fsp3) is 0.0500. The Morgan fingerprint density at radius 3 is 2.12 bits per heavy atom. The molecule has 0 aromatic heterocycles. The van der Waals surface area contributed by atoms with Crippen molar-refractivity contribution in [2.24, 2.45) is 0 Å². The fourth-order valence-corrected chi connectivity index (χ4v) is 2.63. The highest BCUT2D eigenvalue weighted by Gasteiger charge is 2.22. The normalized spacial score (nSPS) is 11.9. The number of carbonyl (C=O) groups excluding carboxylic acids is 1. The van der Waals surface area contributed by atoms with Gasteiger partial charge < -0.3 is 16.6 Å². The van der Waals surface area contributed by atoms with E-state index in [9.17, 15) is 9.90 Å². The monoisotopic (exact) mass is 318 g/mol. The van der Waals surface area contributed by atoms with Crippen LogP contribution in [0.3, 0.4) is 0 Å². The number of nitrogens with two attached hydrogens (primary N) is 2. The number of anilines is 2. The van der Waals surface area contributed by atoms with Crippen molar-refractivity contribution < 1.29 is 9.90 Å².